The van der Waals surface area contributed by atoms with Crippen molar-refractivity contribution in [3.63, 3.8) is 0 Å². The van der Waals surface area contributed by atoms with Crippen LogP contribution in [0, 0.1) is 11.6 Å². The van der Waals surface area contributed by atoms with Crippen LogP contribution < -0.4 is 15.2 Å². The third kappa shape index (κ3) is 5.25. The topological polar surface area (TPSA) is 60.3 Å². The molecule has 11 heteroatoms. The molecule has 6 nitrogen and oxygen atoms in total. The van der Waals surface area contributed by atoms with E-state index in [4.69, 9.17) is 4.74 Å². The van der Waals surface area contributed by atoms with E-state index in [-0.39, 0.29) is 23.2 Å². The number of hydrogen-bond acceptors (Lipinski definition) is 5. The van der Waals surface area contributed by atoms with Gasteiger partial charge in [0.2, 0.25) is 5.88 Å². The number of nitrogens with zero attached hydrogens (tertiary/aromatic N) is 4. The molecule has 0 saturated carbocycles. The molecule has 0 amide bonds. The molecule has 0 spiro atoms. The molecule has 192 valence electrons. The molecule has 37 heavy (non-hydrogen) atoms. The maximum Gasteiger partial charge on any atom is 0.421 e. The molecule has 0 unspecified atom stereocenters. The summed E-state index contributed by atoms with van der Waals surface area (Å²) in [6.45, 7) is 1.27. The van der Waals surface area contributed by atoms with Gasteiger partial charge in [-0.2, -0.15) is 18.2 Å². The van der Waals surface area contributed by atoms with Crippen molar-refractivity contribution >= 4 is 16.6 Å². The second-order valence-electron chi connectivity index (χ2n) is 8.79. The van der Waals surface area contributed by atoms with Crippen LogP contribution >= 0.6 is 0 Å². The van der Waals surface area contributed by atoms with Crippen LogP contribution in [0.2, 0.25) is 0 Å². The van der Waals surface area contributed by atoms with E-state index in [0.717, 1.165) is 37.5 Å². The Balaban J connectivity index is 1.48. The van der Waals surface area contributed by atoms with Gasteiger partial charge < -0.3 is 14.2 Å². The second-order valence-corrected chi connectivity index (χ2v) is 8.79. The number of anilines is 1. The van der Waals surface area contributed by atoms with Gasteiger partial charge in [0.1, 0.15) is 22.9 Å². The van der Waals surface area contributed by atoms with Gasteiger partial charge in [-0.15, -0.1) is 0 Å². The maximum absolute atomic E-state index is 14.1. The zero-order valence-corrected chi connectivity index (χ0v) is 19.4. The lowest BCUT2D eigenvalue weighted by Crippen LogP contribution is -2.29. The molecule has 4 aromatic rings. The number of benzene rings is 2. The Labute approximate surface area is 208 Å². The molecule has 1 fully saturated rings. The van der Waals surface area contributed by atoms with E-state index in [1.807, 2.05) is 4.90 Å². The summed E-state index contributed by atoms with van der Waals surface area (Å²) in [6, 6.07) is 8.29. The summed E-state index contributed by atoms with van der Waals surface area (Å²) in [4.78, 5) is 22.0. The summed E-state index contributed by atoms with van der Waals surface area (Å²) in [5.41, 5.74) is -0.772. The Morgan fingerprint density at radius 2 is 1.73 bits per heavy atom. The highest BCUT2D eigenvalue weighted by Crippen LogP contribution is 2.39. The van der Waals surface area contributed by atoms with E-state index in [1.165, 1.54) is 41.4 Å². The largest absolute Gasteiger partial charge is 0.438 e. The van der Waals surface area contributed by atoms with Crippen LogP contribution in [0.5, 0.6) is 11.6 Å². The summed E-state index contributed by atoms with van der Waals surface area (Å²) in [6.07, 6.45) is 0.693. The molecular formula is C26H21F5N4O2. The van der Waals surface area contributed by atoms with Crippen molar-refractivity contribution in [2.45, 2.75) is 32.0 Å². The van der Waals surface area contributed by atoms with Crippen molar-refractivity contribution in [2.75, 3.05) is 18.0 Å². The van der Waals surface area contributed by atoms with Crippen LogP contribution in [0.15, 0.2) is 59.8 Å². The van der Waals surface area contributed by atoms with Crippen LogP contribution in [0.1, 0.15) is 30.4 Å². The van der Waals surface area contributed by atoms with E-state index < -0.39 is 34.8 Å². The highest BCUT2D eigenvalue weighted by atomic mass is 19.4. The fourth-order valence-electron chi connectivity index (χ4n) is 4.38. The predicted molar refractivity (Wildman–Crippen MR) is 127 cm³/mol. The number of piperidine rings is 1. The Kier molecular flexibility index (Phi) is 6.53. The molecule has 0 aliphatic carbocycles. The highest BCUT2D eigenvalue weighted by Gasteiger charge is 2.36. The smallest absolute Gasteiger partial charge is 0.421 e. The van der Waals surface area contributed by atoms with Crippen molar-refractivity contribution in [1.29, 1.82) is 0 Å². The first-order valence-electron chi connectivity index (χ1n) is 11.6. The van der Waals surface area contributed by atoms with Crippen molar-refractivity contribution in [3.05, 3.63) is 88.1 Å². The molecule has 1 aliphatic rings. The lowest BCUT2D eigenvalue weighted by Gasteiger charge is -2.29. The SMILES string of the molecule is O=c1ncn(Cc2ccc(F)cc2F)c2ccc(Oc3ncc(N4CCCCC4)cc3C(F)(F)F)cc12. The zero-order chi connectivity index (χ0) is 26.2. The Hall–Kier alpha value is -4.02. The number of aromatic nitrogens is 3. The average molecular weight is 516 g/mol. The average Bonchev–Trinajstić information content (AvgIpc) is 2.87. The van der Waals surface area contributed by atoms with E-state index >= 15 is 0 Å². The van der Waals surface area contributed by atoms with Gasteiger partial charge in [0.15, 0.2) is 0 Å². The summed E-state index contributed by atoms with van der Waals surface area (Å²) < 4.78 is 76.0. The molecule has 0 atom stereocenters. The molecular weight excluding hydrogens is 495 g/mol. The summed E-state index contributed by atoms with van der Waals surface area (Å²) >= 11 is 0. The van der Waals surface area contributed by atoms with E-state index in [1.54, 1.807) is 0 Å². The van der Waals surface area contributed by atoms with Gasteiger partial charge in [0.25, 0.3) is 5.56 Å². The number of pyridine rings is 1. The lowest BCUT2D eigenvalue weighted by molar-refractivity contribution is -0.138. The fraction of sp³-hybridized carbons (Fsp3) is 0.269. The van der Waals surface area contributed by atoms with Gasteiger partial charge in [-0.05, 0) is 49.6 Å². The first kappa shape index (κ1) is 24.7. The molecule has 1 aliphatic heterocycles. The van der Waals surface area contributed by atoms with Crippen molar-refractivity contribution in [2.24, 2.45) is 0 Å². The van der Waals surface area contributed by atoms with Gasteiger partial charge >= 0.3 is 6.18 Å². The highest BCUT2D eigenvalue weighted by molar-refractivity contribution is 5.79. The summed E-state index contributed by atoms with van der Waals surface area (Å²) in [5, 5.41) is 0.0565. The molecule has 0 N–H and O–H groups in total. The number of alkyl halides is 3. The zero-order valence-electron chi connectivity index (χ0n) is 19.4. The second kappa shape index (κ2) is 9.79. The quantitative estimate of drug-likeness (QED) is 0.308. The molecule has 1 saturated heterocycles. The molecule has 3 heterocycles. The number of hydrogen-bond donors (Lipinski definition) is 0. The first-order valence-corrected chi connectivity index (χ1v) is 11.6. The summed E-state index contributed by atoms with van der Waals surface area (Å²) in [5.74, 6) is -2.15. The van der Waals surface area contributed by atoms with Crippen LogP contribution in [0.4, 0.5) is 27.6 Å². The van der Waals surface area contributed by atoms with Crippen LogP contribution in [-0.2, 0) is 12.7 Å². The number of ether oxygens (including phenoxy) is 1. The van der Waals surface area contributed by atoms with Gasteiger partial charge in [0.05, 0.1) is 35.7 Å². The van der Waals surface area contributed by atoms with Gasteiger partial charge in [-0.1, -0.05) is 6.07 Å². The Morgan fingerprint density at radius 3 is 2.46 bits per heavy atom. The van der Waals surface area contributed by atoms with Crippen molar-refractivity contribution in [1.82, 2.24) is 14.5 Å². The fourth-order valence-corrected chi connectivity index (χ4v) is 4.38. The summed E-state index contributed by atoms with van der Waals surface area (Å²) in [7, 11) is 0. The van der Waals surface area contributed by atoms with Crippen molar-refractivity contribution in [3.8, 4) is 11.6 Å². The number of halogens is 5. The van der Waals surface area contributed by atoms with E-state index in [0.29, 0.717) is 24.3 Å². The van der Waals surface area contributed by atoms with Crippen LogP contribution in [0.3, 0.4) is 0 Å². The van der Waals surface area contributed by atoms with Gasteiger partial charge in [-0.3, -0.25) is 4.79 Å². The molecule has 0 radical (unpaired) electrons. The third-order valence-corrected chi connectivity index (χ3v) is 6.26. The van der Waals surface area contributed by atoms with Gasteiger partial charge in [0, 0.05) is 24.7 Å². The molecule has 5 rings (SSSR count). The normalized spacial score (nSPS) is 14.2. The lowest BCUT2D eigenvalue weighted by atomic mass is 10.1. The van der Waals surface area contributed by atoms with Crippen molar-refractivity contribution < 1.29 is 26.7 Å². The minimum absolute atomic E-state index is 0.0409. The molecule has 0 bridgehead atoms. The monoisotopic (exact) mass is 516 g/mol. The first-order chi connectivity index (χ1) is 17.7. The number of rotatable bonds is 5. The molecule has 2 aromatic carbocycles. The van der Waals surface area contributed by atoms with Crippen LogP contribution in [0.25, 0.3) is 10.9 Å². The third-order valence-electron chi connectivity index (χ3n) is 6.26. The number of fused-ring (bicyclic) bond motifs is 1. The minimum Gasteiger partial charge on any atom is -0.438 e. The predicted octanol–water partition coefficient (Wildman–Crippen LogP) is 5.92. The Bertz CT molecular complexity index is 1510. The van der Waals surface area contributed by atoms with E-state index in [2.05, 4.69) is 9.97 Å². The Morgan fingerprint density at radius 1 is 0.946 bits per heavy atom. The maximum atomic E-state index is 14.1. The minimum atomic E-state index is -4.71. The van der Waals surface area contributed by atoms with Gasteiger partial charge in [-0.25, -0.2) is 13.8 Å². The van der Waals surface area contributed by atoms with Crippen LogP contribution in [-0.4, -0.2) is 27.6 Å². The molecule has 2 aromatic heterocycles. The van der Waals surface area contributed by atoms with E-state index in [9.17, 15) is 26.7 Å². The standard InChI is InChI=1S/C26H21F5N4O2/c27-17-5-4-16(22(28)10-17)14-35-15-33-24(36)20-12-19(6-7-23(20)35)37-25-21(26(29,30)31)11-18(13-32-25)34-8-2-1-3-9-34/h4-7,10-13,15H,1-3,8-9,14H2.